The number of nitrogens with one attached hydrogen (secondary N) is 1. The molecular formula is C13H16F3NO3. The summed E-state index contributed by atoms with van der Waals surface area (Å²) in [5.41, 5.74) is 0.649. The average Bonchev–Trinajstić information content (AvgIpc) is 2.36. The summed E-state index contributed by atoms with van der Waals surface area (Å²) in [7, 11) is 0. The molecule has 2 N–H and O–H groups in total. The minimum Gasteiger partial charge on any atom is -0.508 e. The zero-order valence-electron chi connectivity index (χ0n) is 10.7. The summed E-state index contributed by atoms with van der Waals surface area (Å²) >= 11 is 0. The van der Waals surface area contributed by atoms with Gasteiger partial charge in [0.05, 0.1) is 6.61 Å². The molecule has 0 bridgehead atoms. The third-order valence-corrected chi connectivity index (χ3v) is 2.45. The average molecular weight is 291 g/mol. The van der Waals surface area contributed by atoms with Gasteiger partial charge in [0.2, 0.25) is 5.91 Å². The Bertz CT molecular complexity index is 435. The molecule has 0 heterocycles. The first-order chi connectivity index (χ1) is 9.38. The topological polar surface area (TPSA) is 58.6 Å². The SMILES string of the molecule is O=C(CCc1ccccc1O)NCCOCC(F)(F)F. The number of para-hydroxylation sites is 1. The molecule has 0 saturated heterocycles. The molecule has 0 atom stereocenters. The number of aromatic hydroxyl groups is 1. The molecule has 1 amide bonds. The van der Waals surface area contributed by atoms with Crippen molar-refractivity contribution < 1.29 is 27.8 Å². The molecule has 1 aromatic carbocycles. The lowest BCUT2D eigenvalue weighted by Crippen LogP contribution is -2.29. The van der Waals surface area contributed by atoms with Gasteiger partial charge in [-0.3, -0.25) is 4.79 Å². The predicted octanol–water partition coefficient (Wildman–Crippen LogP) is 2.02. The minimum atomic E-state index is -4.35. The van der Waals surface area contributed by atoms with E-state index in [4.69, 9.17) is 0 Å². The Balaban J connectivity index is 2.14. The number of rotatable bonds is 7. The third-order valence-electron chi connectivity index (χ3n) is 2.45. The van der Waals surface area contributed by atoms with E-state index < -0.39 is 12.8 Å². The number of phenols is 1. The lowest BCUT2D eigenvalue weighted by atomic mass is 10.1. The second kappa shape index (κ2) is 7.74. The Morgan fingerprint density at radius 3 is 2.65 bits per heavy atom. The van der Waals surface area contributed by atoms with Gasteiger partial charge in [-0.05, 0) is 18.1 Å². The number of carbonyl (C=O) groups excluding carboxylic acids is 1. The van der Waals surface area contributed by atoms with Gasteiger partial charge in [-0.25, -0.2) is 0 Å². The molecule has 0 aliphatic carbocycles. The molecule has 0 saturated carbocycles. The monoisotopic (exact) mass is 291 g/mol. The highest BCUT2D eigenvalue weighted by atomic mass is 19.4. The van der Waals surface area contributed by atoms with E-state index in [0.717, 1.165) is 0 Å². The number of alkyl halides is 3. The standard InChI is InChI=1S/C13H16F3NO3/c14-13(15,16)9-20-8-7-17-12(19)6-5-10-3-1-2-4-11(10)18/h1-4,18H,5-9H2,(H,17,19). The number of ether oxygens (including phenoxy) is 1. The summed E-state index contributed by atoms with van der Waals surface area (Å²) in [5, 5.41) is 11.9. The van der Waals surface area contributed by atoms with Gasteiger partial charge in [0, 0.05) is 13.0 Å². The number of hydrogen-bond acceptors (Lipinski definition) is 3. The maximum Gasteiger partial charge on any atom is 0.411 e. The van der Waals surface area contributed by atoms with Gasteiger partial charge < -0.3 is 15.2 Å². The molecule has 7 heteroatoms. The van der Waals surface area contributed by atoms with Crippen LogP contribution in [-0.4, -0.2) is 36.9 Å². The van der Waals surface area contributed by atoms with E-state index >= 15 is 0 Å². The summed E-state index contributed by atoms with van der Waals surface area (Å²) in [5.74, 6) is -0.183. The fourth-order valence-corrected chi connectivity index (χ4v) is 1.51. The van der Waals surface area contributed by atoms with Crippen molar-refractivity contribution in [1.82, 2.24) is 5.32 Å². The molecule has 112 valence electrons. The highest BCUT2D eigenvalue weighted by Crippen LogP contribution is 2.17. The molecule has 0 unspecified atom stereocenters. The van der Waals surface area contributed by atoms with E-state index in [0.29, 0.717) is 12.0 Å². The van der Waals surface area contributed by atoms with Crippen molar-refractivity contribution in [2.75, 3.05) is 19.8 Å². The first-order valence-corrected chi connectivity index (χ1v) is 6.06. The van der Waals surface area contributed by atoms with Gasteiger partial charge in [-0.2, -0.15) is 13.2 Å². The van der Waals surface area contributed by atoms with Crippen molar-refractivity contribution in [2.45, 2.75) is 19.0 Å². The molecule has 0 fully saturated rings. The van der Waals surface area contributed by atoms with Gasteiger partial charge in [0.1, 0.15) is 12.4 Å². The Hall–Kier alpha value is -1.76. The fraction of sp³-hybridized carbons (Fsp3) is 0.462. The van der Waals surface area contributed by atoms with Crippen LogP contribution in [0.2, 0.25) is 0 Å². The number of phenolic OH excluding ortho intramolecular Hbond substituents is 1. The Kier molecular flexibility index (Phi) is 6.30. The van der Waals surface area contributed by atoms with Crippen molar-refractivity contribution in [3.8, 4) is 5.75 Å². The smallest absolute Gasteiger partial charge is 0.411 e. The summed E-state index contributed by atoms with van der Waals surface area (Å²) in [6.07, 6.45) is -3.84. The lowest BCUT2D eigenvalue weighted by molar-refractivity contribution is -0.173. The second-order valence-electron chi connectivity index (χ2n) is 4.15. The van der Waals surface area contributed by atoms with E-state index in [1.54, 1.807) is 18.2 Å². The van der Waals surface area contributed by atoms with Crippen LogP contribution in [0.5, 0.6) is 5.75 Å². The first-order valence-electron chi connectivity index (χ1n) is 6.06. The van der Waals surface area contributed by atoms with Crippen LogP contribution in [0, 0.1) is 0 Å². The normalized spacial score (nSPS) is 11.3. The van der Waals surface area contributed by atoms with Crippen LogP contribution >= 0.6 is 0 Å². The van der Waals surface area contributed by atoms with E-state index in [1.165, 1.54) is 6.07 Å². The summed E-state index contributed by atoms with van der Waals surface area (Å²) in [4.78, 5) is 11.4. The molecular weight excluding hydrogens is 275 g/mol. The Labute approximate surface area is 114 Å². The van der Waals surface area contributed by atoms with Crippen molar-refractivity contribution >= 4 is 5.91 Å². The highest BCUT2D eigenvalue weighted by molar-refractivity contribution is 5.76. The highest BCUT2D eigenvalue weighted by Gasteiger charge is 2.27. The summed E-state index contributed by atoms with van der Waals surface area (Å²) in [6.45, 7) is -1.49. The quantitative estimate of drug-likeness (QED) is 0.756. The number of carbonyl (C=O) groups is 1. The van der Waals surface area contributed by atoms with Gasteiger partial charge in [0.15, 0.2) is 0 Å². The molecule has 4 nitrogen and oxygen atoms in total. The fourth-order valence-electron chi connectivity index (χ4n) is 1.51. The molecule has 1 aromatic rings. The number of benzene rings is 1. The number of aryl methyl sites for hydroxylation is 1. The Morgan fingerprint density at radius 2 is 2.00 bits per heavy atom. The summed E-state index contributed by atoms with van der Waals surface area (Å²) in [6, 6.07) is 6.65. The van der Waals surface area contributed by atoms with Crippen LogP contribution in [0.15, 0.2) is 24.3 Å². The van der Waals surface area contributed by atoms with Crippen LogP contribution in [-0.2, 0) is 16.0 Å². The van der Waals surface area contributed by atoms with E-state index in [-0.39, 0.29) is 31.2 Å². The van der Waals surface area contributed by atoms with Gasteiger partial charge in [-0.15, -0.1) is 0 Å². The Morgan fingerprint density at radius 1 is 1.30 bits per heavy atom. The lowest BCUT2D eigenvalue weighted by Gasteiger charge is -2.09. The minimum absolute atomic E-state index is 0.0235. The van der Waals surface area contributed by atoms with Crippen LogP contribution in [0.3, 0.4) is 0 Å². The maximum atomic E-state index is 11.8. The van der Waals surface area contributed by atoms with E-state index in [1.807, 2.05) is 0 Å². The largest absolute Gasteiger partial charge is 0.508 e. The van der Waals surface area contributed by atoms with Gasteiger partial charge >= 0.3 is 6.18 Å². The van der Waals surface area contributed by atoms with Crippen molar-refractivity contribution in [3.05, 3.63) is 29.8 Å². The number of amides is 1. The molecule has 0 aliphatic heterocycles. The van der Waals surface area contributed by atoms with E-state index in [9.17, 15) is 23.1 Å². The molecule has 1 rings (SSSR count). The van der Waals surface area contributed by atoms with E-state index in [2.05, 4.69) is 10.1 Å². The zero-order valence-corrected chi connectivity index (χ0v) is 10.7. The molecule has 0 aliphatic rings. The van der Waals surface area contributed by atoms with Gasteiger partial charge in [-0.1, -0.05) is 18.2 Å². The number of hydrogen-bond donors (Lipinski definition) is 2. The van der Waals surface area contributed by atoms with Crippen molar-refractivity contribution in [3.63, 3.8) is 0 Å². The zero-order chi connectivity index (χ0) is 15.0. The summed E-state index contributed by atoms with van der Waals surface area (Å²) < 4.78 is 39.6. The maximum absolute atomic E-state index is 11.8. The van der Waals surface area contributed by atoms with Crippen LogP contribution in [0.25, 0.3) is 0 Å². The molecule has 0 spiro atoms. The first kappa shape index (κ1) is 16.3. The van der Waals surface area contributed by atoms with Crippen LogP contribution in [0.1, 0.15) is 12.0 Å². The van der Waals surface area contributed by atoms with Crippen LogP contribution < -0.4 is 5.32 Å². The van der Waals surface area contributed by atoms with Gasteiger partial charge in [0.25, 0.3) is 0 Å². The predicted molar refractivity (Wildman–Crippen MR) is 66.3 cm³/mol. The molecule has 0 radical (unpaired) electrons. The second-order valence-corrected chi connectivity index (χ2v) is 4.15. The van der Waals surface area contributed by atoms with Crippen molar-refractivity contribution in [2.24, 2.45) is 0 Å². The molecule has 0 aromatic heterocycles. The molecule has 20 heavy (non-hydrogen) atoms. The van der Waals surface area contributed by atoms with Crippen molar-refractivity contribution in [1.29, 1.82) is 0 Å². The number of halogens is 3. The van der Waals surface area contributed by atoms with Crippen LogP contribution in [0.4, 0.5) is 13.2 Å². The third kappa shape index (κ3) is 6.98.